The van der Waals surface area contributed by atoms with Crippen molar-refractivity contribution < 1.29 is 14.3 Å². The van der Waals surface area contributed by atoms with Gasteiger partial charge in [-0.15, -0.1) is 0 Å². The second kappa shape index (κ2) is 4.48. The first kappa shape index (κ1) is 10.2. The Balaban J connectivity index is 2.06. The zero-order valence-electron chi connectivity index (χ0n) is 8.64. The van der Waals surface area contributed by atoms with Gasteiger partial charge in [0.1, 0.15) is 17.2 Å². The molecular weight excluding hydrogens is 208 g/mol. The molecule has 82 valence electrons. The number of methoxy groups -OCH3 is 1. The number of ether oxygens (including phenoxy) is 2. The fourth-order valence-electron chi connectivity index (χ4n) is 1.18. The average Bonchev–Trinajstić information content (AvgIpc) is 2.83. The Hall–Kier alpha value is -2.30. The maximum Gasteiger partial charge on any atom is 0.361 e. The van der Waals surface area contributed by atoms with E-state index >= 15 is 0 Å². The van der Waals surface area contributed by atoms with Gasteiger partial charge in [0.05, 0.1) is 7.11 Å². The van der Waals surface area contributed by atoms with Crippen LogP contribution in [0.2, 0.25) is 0 Å². The quantitative estimate of drug-likeness (QED) is 0.628. The number of H-pyrrole nitrogens is 1. The summed E-state index contributed by atoms with van der Waals surface area (Å²) >= 11 is 0. The van der Waals surface area contributed by atoms with E-state index in [0.29, 0.717) is 17.2 Å². The number of nitrogens with one attached hydrogen (secondary N) is 1. The topological polar surface area (TPSA) is 64.2 Å². The Morgan fingerprint density at radius 3 is 2.44 bits per heavy atom. The van der Waals surface area contributed by atoms with E-state index in [4.69, 9.17) is 9.47 Å². The van der Waals surface area contributed by atoms with Crippen molar-refractivity contribution in [2.45, 2.75) is 0 Å². The van der Waals surface area contributed by atoms with Crippen molar-refractivity contribution in [1.29, 1.82) is 0 Å². The van der Waals surface area contributed by atoms with Crippen LogP contribution >= 0.6 is 0 Å². The number of nitrogens with zero attached hydrogens (tertiary/aromatic N) is 1. The predicted octanol–water partition coefficient (Wildman–Crippen LogP) is 1.64. The van der Waals surface area contributed by atoms with E-state index in [0.717, 1.165) is 0 Å². The second-order valence-electron chi connectivity index (χ2n) is 3.04. The van der Waals surface area contributed by atoms with E-state index in [-0.39, 0.29) is 0 Å². The zero-order chi connectivity index (χ0) is 11.4. The highest BCUT2D eigenvalue weighted by molar-refractivity contribution is 5.88. The van der Waals surface area contributed by atoms with Crippen LogP contribution < -0.4 is 9.47 Å². The number of hydrogen-bond donors (Lipinski definition) is 1. The fourth-order valence-corrected chi connectivity index (χ4v) is 1.18. The molecular formula is C11H10N2O3. The van der Waals surface area contributed by atoms with Crippen molar-refractivity contribution in [2.24, 2.45) is 0 Å². The van der Waals surface area contributed by atoms with Crippen LogP contribution in [-0.4, -0.2) is 23.3 Å². The fraction of sp³-hybridized carbons (Fsp3) is 0.0909. The lowest BCUT2D eigenvalue weighted by Gasteiger charge is -2.03. The van der Waals surface area contributed by atoms with Gasteiger partial charge >= 0.3 is 5.97 Å². The minimum absolute atomic E-state index is 0.316. The van der Waals surface area contributed by atoms with Gasteiger partial charge in [-0.2, -0.15) is 5.10 Å². The van der Waals surface area contributed by atoms with Crippen molar-refractivity contribution in [3.8, 4) is 11.5 Å². The van der Waals surface area contributed by atoms with Crippen molar-refractivity contribution >= 4 is 5.97 Å². The van der Waals surface area contributed by atoms with Gasteiger partial charge in [-0.3, -0.25) is 5.10 Å². The molecule has 1 aromatic heterocycles. The van der Waals surface area contributed by atoms with E-state index < -0.39 is 5.97 Å². The molecule has 0 aliphatic carbocycles. The lowest BCUT2D eigenvalue weighted by Crippen LogP contribution is -2.08. The lowest BCUT2D eigenvalue weighted by atomic mass is 10.3. The highest BCUT2D eigenvalue weighted by Crippen LogP contribution is 2.17. The summed E-state index contributed by atoms with van der Waals surface area (Å²) in [5.41, 5.74) is 0.316. The van der Waals surface area contributed by atoms with Gasteiger partial charge in [-0.1, -0.05) is 0 Å². The Kier molecular flexibility index (Phi) is 2.86. The van der Waals surface area contributed by atoms with Gasteiger partial charge in [-0.25, -0.2) is 4.79 Å². The van der Waals surface area contributed by atoms with Crippen molar-refractivity contribution in [2.75, 3.05) is 7.11 Å². The molecule has 0 aliphatic rings. The first-order valence-electron chi connectivity index (χ1n) is 4.65. The van der Waals surface area contributed by atoms with Crippen molar-refractivity contribution in [1.82, 2.24) is 10.2 Å². The van der Waals surface area contributed by atoms with Crippen molar-refractivity contribution in [3.05, 3.63) is 42.2 Å². The lowest BCUT2D eigenvalue weighted by molar-refractivity contribution is 0.0728. The van der Waals surface area contributed by atoms with Gasteiger partial charge in [0.25, 0.3) is 0 Å². The summed E-state index contributed by atoms with van der Waals surface area (Å²) in [5.74, 6) is 0.699. The van der Waals surface area contributed by atoms with E-state index in [1.807, 2.05) is 0 Å². The van der Waals surface area contributed by atoms with E-state index in [2.05, 4.69) is 10.2 Å². The molecule has 0 aliphatic heterocycles. The third-order valence-electron chi connectivity index (χ3n) is 1.99. The smallest absolute Gasteiger partial charge is 0.361 e. The van der Waals surface area contributed by atoms with Crippen LogP contribution in [0.25, 0.3) is 0 Å². The Morgan fingerprint density at radius 2 is 1.88 bits per heavy atom. The van der Waals surface area contributed by atoms with Crippen LogP contribution in [-0.2, 0) is 0 Å². The number of carbonyl (C=O) groups is 1. The summed E-state index contributed by atoms with van der Waals surface area (Å²) in [7, 11) is 1.58. The minimum Gasteiger partial charge on any atom is -0.497 e. The van der Waals surface area contributed by atoms with Gasteiger partial charge in [-0.05, 0) is 30.3 Å². The van der Waals surface area contributed by atoms with Gasteiger partial charge in [0.2, 0.25) is 0 Å². The minimum atomic E-state index is -0.470. The molecule has 1 heterocycles. The molecule has 5 nitrogen and oxygen atoms in total. The number of hydrogen-bond acceptors (Lipinski definition) is 4. The SMILES string of the molecule is COc1ccc(OC(=O)c2ccn[nH]2)cc1. The Morgan fingerprint density at radius 1 is 1.19 bits per heavy atom. The summed E-state index contributed by atoms with van der Waals surface area (Å²) in [5, 5.41) is 6.20. The molecule has 2 rings (SSSR count). The first-order chi connectivity index (χ1) is 7.79. The third kappa shape index (κ3) is 2.20. The van der Waals surface area contributed by atoms with Gasteiger partial charge in [0.15, 0.2) is 0 Å². The van der Waals surface area contributed by atoms with Gasteiger partial charge in [0, 0.05) is 6.20 Å². The van der Waals surface area contributed by atoms with E-state index in [1.165, 1.54) is 6.20 Å². The highest BCUT2D eigenvalue weighted by atomic mass is 16.5. The van der Waals surface area contributed by atoms with Crippen LogP contribution in [0.3, 0.4) is 0 Å². The highest BCUT2D eigenvalue weighted by Gasteiger charge is 2.09. The molecule has 0 fully saturated rings. The van der Waals surface area contributed by atoms with Crippen LogP contribution in [0, 0.1) is 0 Å². The summed E-state index contributed by atoms with van der Waals surface area (Å²) in [4.78, 5) is 11.5. The first-order valence-corrected chi connectivity index (χ1v) is 4.65. The maximum absolute atomic E-state index is 11.5. The van der Waals surface area contributed by atoms with Crippen LogP contribution in [0.15, 0.2) is 36.5 Å². The number of benzene rings is 1. The monoisotopic (exact) mass is 218 g/mol. The Bertz CT molecular complexity index is 462. The predicted molar refractivity (Wildman–Crippen MR) is 56.5 cm³/mol. The molecule has 0 amide bonds. The molecule has 0 radical (unpaired) electrons. The molecule has 0 unspecified atom stereocenters. The molecule has 0 saturated carbocycles. The third-order valence-corrected chi connectivity index (χ3v) is 1.99. The summed E-state index contributed by atoms with van der Waals surface area (Å²) in [6.07, 6.45) is 1.49. The number of aromatic amines is 1. The van der Waals surface area contributed by atoms with Crippen LogP contribution in [0.5, 0.6) is 11.5 Å². The molecule has 1 N–H and O–H groups in total. The molecule has 0 bridgehead atoms. The number of aromatic nitrogens is 2. The average molecular weight is 218 g/mol. The maximum atomic E-state index is 11.5. The molecule has 0 spiro atoms. The second-order valence-corrected chi connectivity index (χ2v) is 3.04. The molecule has 16 heavy (non-hydrogen) atoms. The largest absolute Gasteiger partial charge is 0.497 e. The number of esters is 1. The molecule has 5 heteroatoms. The number of carbonyl (C=O) groups excluding carboxylic acids is 1. The number of rotatable bonds is 3. The molecule has 2 aromatic rings. The van der Waals surface area contributed by atoms with Gasteiger partial charge < -0.3 is 9.47 Å². The summed E-state index contributed by atoms with van der Waals surface area (Å²) in [6, 6.07) is 8.30. The molecule has 0 saturated heterocycles. The molecule has 0 atom stereocenters. The van der Waals surface area contributed by atoms with Crippen molar-refractivity contribution in [3.63, 3.8) is 0 Å². The normalized spacial score (nSPS) is 9.81. The van der Waals surface area contributed by atoms with E-state index in [9.17, 15) is 4.79 Å². The van der Waals surface area contributed by atoms with E-state index in [1.54, 1.807) is 37.4 Å². The summed E-state index contributed by atoms with van der Waals surface area (Å²) in [6.45, 7) is 0. The van der Waals surface area contributed by atoms with Crippen LogP contribution in [0.4, 0.5) is 0 Å². The Labute approximate surface area is 92.0 Å². The van der Waals surface area contributed by atoms with Crippen LogP contribution in [0.1, 0.15) is 10.5 Å². The summed E-state index contributed by atoms with van der Waals surface area (Å²) < 4.78 is 10.1. The molecule has 1 aromatic carbocycles. The standard InChI is InChI=1S/C11H10N2O3/c1-15-8-2-4-9(5-3-8)16-11(14)10-6-7-12-13-10/h2-7H,1H3,(H,12,13). The zero-order valence-corrected chi connectivity index (χ0v) is 8.64.